The van der Waals surface area contributed by atoms with Crippen LogP contribution in [0.2, 0.25) is 10.2 Å². The number of halogens is 3. The maximum Gasteiger partial charge on any atom is 0.275 e. The Kier molecular flexibility index (Phi) is 4.98. The van der Waals surface area contributed by atoms with Gasteiger partial charge in [0.1, 0.15) is 22.5 Å². The topological polar surface area (TPSA) is 70.7 Å². The van der Waals surface area contributed by atoms with Crippen LogP contribution >= 0.6 is 23.2 Å². The van der Waals surface area contributed by atoms with Crippen LogP contribution in [0.4, 0.5) is 10.1 Å². The predicted octanol–water partition coefficient (Wildman–Crippen LogP) is 5.25. The van der Waals surface area contributed by atoms with Crippen LogP contribution in [0.3, 0.4) is 0 Å². The van der Waals surface area contributed by atoms with Crippen LogP contribution in [-0.4, -0.2) is 20.9 Å². The Balaban J connectivity index is 1.57. The van der Waals surface area contributed by atoms with Gasteiger partial charge in [0, 0.05) is 12.1 Å². The molecule has 2 N–H and O–H groups in total. The first-order valence-electron chi connectivity index (χ1n) is 8.35. The van der Waals surface area contributed by atoms with Crippen LogP contribution in [0.1, 0.15) is 21.9 Å². The van der Waals surface area contributed by atoms with E-state index in [4.69, 9.17) is 23.2 Å². The smallest absolute Gasteiger partial charge is 0.275 e. The van der Waals surface area contributed by atoms with Gasteiger partial charge in [0.05, 0.1) is 16.1 Å². The lowest BCUT2D eigenvalue weighted by atomic mass is 10.1. The number of imidazole rings is 1. The molecule has 2 heterocycles. The molecule has 4 aromatic rings. The average molecular weight is 415 g/mol. The van der Waals surface area contributed by atoms with Gasteiger partial charge in [-0.25, -0.2) is 14.4 Å². The van der Waals surface area contributed by atoms with Crippen molar-refractivity contribution in [2.24, 2.45) is 0 Å². The number of benzene rings is 2. The van der Waals surface area contributed by atoms with Crippen molar-refractivity contribution in [2.75, 3.05) is 5.32 Å². The minimum Gasteiger partial charge on any atom is -0.342 e. The third-order valence-corrected chi connectivity index (χ3v) is 4.65. The SMILES string of the molecule is O=C(Nc1ccc2nc(Cc3ccccc3F)[nH]c2c1)c1nc(Cl)ccc1Cl. The molecule has 0 aliphatic rings. The third kappa shape index (κ3) is 3.83. The second kappa shape index (κ2) is 7.58. The Morgan fingerprint density at radius 1 is 1.07 bits per heavy atom. The minimum atomic E-state index is -0.474. The molecule has 2 aromatic heterocycles. The molecule has 140 valence electrons. The quantitative estimate of drug-likeness (QED) is 0.448. The predicted molar refractivity (Wildman–Crippen MR) is 108 cm³/mol. The van der Waals surface area contributed by atoms with Crippen molar-refractivity contribution in [3.05, 3.63) is 87.7 Å². The summed E-state index contributed by atoms with van der Waals surface area (Å²) in [6.07, 6.45) is 0.338. The molecule has 0 atom stereocenters. The number of H-pyrrole nitrogens is 1. The van der Waals surface area contributed by atoms with Crippen molar-refractivity contribution in [1.29, 1.82) is 0 Å². The highest BCUT2D eigenvalue weighted by Crippen LogP contribution is 2.22. The number of fused-ring (bicyclic) bond motifs is 1. The molecular weight excluding hydrogens is 402 g/mol. The minimum absolute atomic E-state index is 0.0408. The van der Waals surface area contributed by atoms with E-state index in [1.807, 2.05) is 0 Å². The molecule has 1 amide bonds. The molecule has 0 aliphatic heterocycles. The fourth-order valence-electron chi connectivity index (χ4n) is 2.81. The fraction of sp³-hybridized carbons (Fsp3) is 0.0500. The summed E-state index contributed by atoms with van der Waals surface area (Å²) < 4.78 is 13.8. The number of aromatic amines is 1. The Labute approximate surface area is 169 Å². The molecule has 4 rings (SSSR count). The molecule has 2 aromatic carbocycles. The van der Waals surface area contributed by atoms with Gasteiger partial charge in [0.2, 0.25) is 0 Å². The van der Waals surface area contributed by atoms with Gasteiger partial charge in [-0.15, -0.1) is 0 Å². The Bertz CT molecular complexity index is 1190. The third-order valence-electron chi connectivity index (χ3n) is 4.13. The number of carbonyl (C=O) groups excluding carboxylic acids is 1. The normalized spacial score (nSPS) is 11.0. The highest BCUT2D eigenvalue weighted by atomic mass is 35.5. The molecule has 0 bridgehead atoms. The summed E-state index contributed by atoms with van der Waals surface area (Å²) >= 11 is 11.8. The maximum absolute atomic E-state index is 13.8. The second-order valence-corrected chi connectivity index (χ2v) is 6.90. The molecule has 0 saturated carbocycles. The van der Waals surface area contributed by atoms with Crippen LogP contribution in [0.25, 0.3) is 11.0 Å². The molecular formula is C20H13Cl2FN4O. The summed E-state index contributed by atoms with van der Waals surface area (Å²) in [5, 5.41) is 3.12. The van der Waals surface area contributed by atoms with Crippen LogP contribution in [0.15, 0.2) is 54.6 Å². The van der Waals surface area contributed by atoms with E-state index in [1.165, 1.54) is 18.2 Å². The van der Waals surface area contributed by atoms with E-state index in [2.05, 4.69) is 20.3 Å². The number of nitrogens with one attached hydrogen (secondary N) is 2. The summed E-state index contributed by atoms with van der Waals surface area (Å²) in [5.74, 6) is -0.122. The Hall–Kier alpha value is -2.96. The largest absolute Gasteiger partial charge is 0.342 e. The summed E-state index contributed by atoms with van der Waals surface area (Å²) in [5.41, 5.74) is 2.56. The number of anilines is 1. The number of pyridine rings is 1. The summed E-state index contributed by atoms with van der Waals surface area (Å²) in [4.78, 5) is 24.0. The molecule has 5 nitrogen and oxygen atoms in total. The number of amides is 1. The number of hydrogen-bond donors (Lipinski definition) is 2. The first-order chi connectivity index (χ1) is 13.5. The van der Waals surface area contributed by atoms with Crippen molar-refractivity contribution in [2.45, 2.75) is 6.42 Å². The standard InChI is InChI=1S/C20H13Cl2FN4O/c21-13-6-8-17(22)27-19(13)20(28)24-12-5-7-15-16(10-12)26-18(25-15)9-11-3-1-2-4-14(11)23/h1-8,10H,9H2,(H,24,28)(H,25,26). The maximum atomic E-state index is 13.8. The molecule has 0 spiro atoms. The number of carbonyl (C=O) groups is 1. The molecule has 28 heavy (non-hydrogen) atoms. The fourth-order valence-corrected chi connectivity index (χ4v) is 3.15. The monoisotopic (exact) mass is 414 g/mol. The zero-order valence-corrected chi connectivity index (χ0v) is 15.9. The van der Waals surface area contributed by atoms with Crippen molar-refractivity contribution in [1.82, 2.24) is 15.0 Å². The van der Waals surface area contributed by atoms with Gasteiger partial charge in [-0.3, -0.25) is 4.79 Å². The van der Waals surface area contributed by atoms with E-state index in [9.17, 15) is 9.18 Å². The van der Waals surface area contributed by atoms with Crippen LogP contribution in [0.5, 0.6) is 0 Å². The van der Waals surface area contributed by atoms with Gasteiger partial charge in [0.25, 0.3) is 5.91 Å². The van der Waals surface area contributed by atoms with E-state index >= 15 is 0 Å². The summed E-state index contributed by atoms with van der Waals surface area (Å²) in [6, 6.07) is 14.8. The first-order valence-corrected chi connectivity index (χ1v) is 9.10. The molecule has 0 radical (unpaired) electrons. The van der Waals surface area contributed by atoms with Crippen molar-refractivity contribution < 1.29 is 9.18 Å². The van der Waals surface area contributed by atoms with Crippen LogP contribution < -0.4 is 5.32 Å². The van der Waals surface area contributed by atoms with Gasteiger partial charge in [-0.1, -0.05) is 41.4 Å². The Morgan fingerprint density at radius 2 is 1.89 bits per heavy atom. The van der Waals surface area contributed by atoms with Crippen LogP contribution in [-0.2, 0) is 6.42 Å². The lowest BCUT2D eigenvalue weighted by Gasteiger charge is -2.06. The number of aromatic nitrogens is 3. The lowest BCUT2D eigenvalue weighted by Crippen LogP contribution is -2.14. The van der Waals surface area contributed by atoms with E-state index < -0.39 is 5.91 Å². The van der Waals surface area contributed by atoms with Gasteiger partial charge in [-0.2, -0.15) is 0 Å². The second-order valence-electron chi connectivity index (χ2n) is 6.10. The van der Waals surface area contributed by atoms with Gasteiger partial charge in [-0.05, 0) is 42.0 Å². The first kappa shape index (κ1) is 18.4. The number of nitrogens with zero attached hydrogens (tertiary/aromatic N) is 2. The van der Waals surface area contributed by atoms with E-state index in [1.54, 1.807) is 36.4 Å². The number of rotatable bonds is 4. The molecule has 0 fully saturated rings. The number of hydrogen-bond acceptors (Lipinski definition) is 3. The highest BCUT2D eigenvalue weighted by molar-refractivity contribution is 6.35. The zero-order valence-electron chi connectivity index (χ0n) is 14.3. The molecule has 0 saturated heterocycles. The van der Waals surface area contributed by atoms with Gasteiger partial charge < -0.3 is 10.3 Å². The lowest BCUT2D eigenvalue weighted by molar-refractivity contribution is 0.102. The highest BCUT2D eigenvalue weighted by Gasteiger charge is 2.14. The Morgan fingerprint density at radius 3 is 2.71 bits per heavy atom. The summed E-state index contributed by atoms with van der Waals surface area (Å²) in [6.45, 7) is 0. The van der Waals surface area contributed by atoms with Crippen molar-refractivity contribution >= 4 is 45.8 Å². The average Bonchev–Trinajstić information content (AvgIpc) is 3.07. The zero-order chi connectivity index (χ0) is 19.7. The molecule has 8 heteroatoms. The van der Waals surface area contributed by atoms with Gasteiger partial charge in [0.15, 0.2) is 0 Å². The van der Waals surface area contributed by atoms with E-state index in [-0.39, 0.29) is 21.7 Å². The molecule has 0 unspecified atom stereocenters. The molecule has 0 aliphatic carbocycles. The van der Waals surface area contributed by atoms with Crippen molar-refractivity contribution in [3.8, 4) is 0 Å². The van der Waals surface area contributed by atoms with Crippen LogP contribution in [0, 0.1) is 5.82 Å². The van der Waals surface area contributed by atoms with E-state index in [0.29, 0.717) is 34.5 Å². The summed E-state index contributed by atoms with van der Waals surface area (Å²) in [7, 11) is 0. The van der Waals surface area contributed by atoms with Gasteiger partial charge >= 0.3 is 0 Å². The van der Waals surface area contributed by atoms with E-state index in [0.717, 1.165) is 0 Å². The van der Waals surface area contributed by atoms with Crippen molar-refractivity contribution in [3.63, 3.8) is 0 Å².